The Hall–Kier alpha value is -2.88. The first-order chi connectivity index (χ1) is 10.2. The van der Waals surface area contributed by atoms with Gasteiger partial charge in [-0.15, -0.1) is 0 Å². The van der Waals surface area contributed by atoms with Gasteiger partial charge in [-0.3, -0.25) is 9.79 Å². The van der Waals surface area contributed by atoms with Crippen LogP contribution in [0.25, 0.3) is 0 Å². The molecule has 2 aromatic carbocycles. The van der Waals surface area contributed by atoms with E-state index in [4.69, 9.17) is 5.73 Å². The average molecular weight is 277 g/mol. The molecule has 0 saturated carbocycles. The molecule has 0 unspecified atom stereocenters. The molecule has 0 aliphatic carbocycles. The Morgan fingerprint density at radius 2 is 1.95 bits per heavy atom. The summed E-state index contributed by atoms with van der Waals surface area (Å²) in [6.45, 7) is 0.704. The Balaban J connectivity index is 2.00. The van der Waals surface area contributed by atoms with Gasteiger partial charge in [0.05, 0.1) is 5.69 Å². The topological polar surface area (TPSA) is 58.7 Å². The number of benzene rings is 2. The molecule has 0 bridgehead atoms. The van der Waals surface area contributed by atoms with E-state index in [9.17, 15) is 4.79 Å². The highest BCUT2D eigenvalue weighted by molar-refractivity contribution is 5.97. The van der Waals surface area contributed by atoms with Gasteiger partial charge in [0.2, 0.25) is 5.91 Å². The van der Waals surface area contributed by atoms with Crippen molar-refractivity contribution < 1.29 is 4.79 Å². The van der Waals surface area contributed by atoms with Crippen LogP contribution in [0.3, 0.4) is 0 Å². The molecule has 0 aromatic heterocycles. The summed E-state index contributed by atoms with van der Waals surface area (Å²) in [4.78, 5) is 17.7. The molecule has 4 heteroatoms. The predicted molar refractivity (Wildman–Crippen MR) is 84.3 cm³/mol. The highest BCUT2D eigenvalue weighted by atomic mass is 16.1. The number of nitrogens with zero attached hydrogens (tertiary/aromatic N) is 2. The lowest BCUT2D eigenvalue weighted by atomic mass is 10.1. The molecule has 0 atom stereocenters. The van der Waals surface area contributed by atoms with Crippen LogP contribution < -0.4 is 10.6 Å². The maximum atomic E-state index is 11.4. The van der Waals surface area contributed by atoms with E-state index in [1.54, 1.807) is 18.5 Å². The number of primary amides is 1. The summed E-state index contributed by atoms with van der Waals surface area (Å²) >= 11 is 0. The fourth-order valence-corrected chi connectivity index (χ4v) is 2.30. The van der Waals surface area contributed by atoms with Crippen LogP contribution in [0.5, 0.6) is 0 Å². The van der Waals surface area contributed by atoms with Gasteiger partial charge in [-0.05, 0) is 17.7 Å². The van der Waals surface area contributed by atoms with Crippen molar-refractivity contribution >= 4 is 17.8 Å². The molecular weight excluding hydrogens is 262 g/mol. The van der Waals surface area contributed by atoms with Crippen molar-refractivity contribution in [3.05, 3.63) is 77.6 Å². The lowest BCUT2D eigenvalue weighted by Gasteiger charge is -2.22. The molecule has 1 aliphatic heterocycles. The summed E-state index contributed by atoms with van der Waals surface area (Å²) in [5.74, 6) is -0.428. The normalized spacial score (nSPS) is 12.9. The van der Waals surface area contributed by atoms with Crippen molar-refractivity contribution in [3.8, 4) is 0 Å². The van der Waals surface area contributed by atoms with Crippen LogP contribution in [0.1, 0.15) is 21.5 Å². The van der Waals surface area contributed by atoms with E-state index in [2.05, 4.69) is 22.0 Å². The monoisotopic (exact) mass is 277 g/mol. The highest BCUT2D eigenvalue weighted by Gasteiger charge is 2.13. The van der Waals surface area contributed by atoms with Gasteiger partial charge < -0.3 is 10.6 Å². The number of fused-ring (bicyclic) bond motifs is 1. The Bertz CT molecular complexity index is 720. The predicted octanol–water partition coefficient (Wildman–Crippen LogP) is 2.70. The average Bonchev–Trinajstić information content (AvgIpc) is 2.70. The molecule has 21 heavy (non-hydrogen) atoms. The molecule has 0 radical (unpaired) electrons. The van der Waals surface area contributed by atoms with Gasteiger partial charge in [-0.1, -0.05) is 36.4 Å². The van der Waals surface area contributed by atoms with E-state index in [1.807, 2.05) is 36.5 Å². The Labute approximate surface area is 123 Å². The molecule has 0 fully saturated rings. The maximum absolute atomic E-state index is 11.4. The zero-order chi connectivity index (χ0) is 14.7. The number of hydrogen-bond acceptors (Lipinski definition) is 3. The molecule has 4 nitrogen and oxygen atoms in total. The van der Waals surface area contributed by atoms with Crippen molar-refractivity contribution in [2.75, 3.05) is 4.90 Å². The summed E-state index contributed by atoms with van der Waals surface area (Å²) in [5, 5.41) is 0. The number of nitrogens with two attached hydrogens (primary N) is 1. The molecule has 0 saturated heterocycles. The Morgan fingerprint density at radius 1 is 1.14 bits per heavy atom. The summed E-state index contributed by atoms with van der Waals surface area (Å²) in [6.07, 6.45) is 5.43. The molecule has 1 amide bonds. The smallest absolute Gasteiger partial charge is 0.248 e. The minimum Gasteiger partial charge on any atom is -0.366 e. The van der Waals surface area contributed by atoms with E-state index in [0.29, 0.717) is 12.1 Å². The lowest BCUT2D eigenvalue weighted by molar-refractivity contribution is 0.100. The van der Waals surface area contributed by atoms with Gasteiger partial charge in [0, 0.05) is 36.3 Å². The van der Waals surface area contributed by atoms with Crippen LogP contribution in [0.15, 0.2) is 65.9 Å². The van der Waals surface area contributed by atoms with Crippen LogP contribution >= 0.6 is 0 Å². The maximum Gasteiger partial charge on any atom is 0.248 e. The first kappa shape index (κ1) is 13.1. The first-order valence-electron chi connectivity index (χ1n) is 6.68. The van der Waals surface area contributed by atoms with Crippen LogP contribution in [0.4, 0.5) is 5.69 Å². The van der Waals surface area contributed by atoms with Crippen LogP contribution in [0, 0.1) is 0 Å². The summed E-state index contributed by atoms with van der Waals surface area (Å²) in [7, 11) is 0. The van der Waals surface area contributed by atoms with Crippen molar-refractivity contribution in [2.45, 2.75) is 6.54 Å². The zero-order valence-electron chi connectivity index (χ0n) is 11.4. The van der Waals surface area contributed by atoms with E-state index in [0.717, 1.165) is 11.3 Å². The number of carbonyl (C=O) groups excluding carboxylic acids is 1. The van der Waals surface area contributed by atoms with Gasteiger partial charge in [-0.2, -0.15) is 0 Å². The Kier molecular flexibility index (Phi) is 3.51. The summed E-state index contributed by atoms with van der Waals surface area (Å²) < 4.78 is 0. The van der Waals surface area contributed by atoms with E-state index >= 15 is 0 Å². The number of carbonyl (C=O) groups is 1. The third-order valence-electron chi connectivity index (χ3n) is 3.37. The number of hydrogen-bond donors (Lipinski definition) is 1. The minimum atomic E-state index is -0.428. The third-order valence-corrected chi connectivity index (χ3v) is 3.37. The fourth-order valence-electron chi connectivity index (χ4n) is 2.30. The Morgan fingerprint density at radius 3 is 2.71 bits per heavy atom. The molecule has 1 aliphatic rings. The van der Waals surface area contributed by atoms with Crippen LogP contribution in [-0.4, -0.2) is 12.1 Å². The van der Waals surface area contributed by atoms with Crippen molar-refractivity contribution in [1.82, 2.24) is 0 Å². The summed E-state index contributed by atoms with van der Waals surface area (Å²) in [5.41, 5.74) is 8.93. The first-order valence-corrected chi connectivity index (χ1v) is 6.68. The standard InChI is InChI=1S/C17H15N3O/c18-17(21)14-6-7-15-11-19-8-9-20(16(15)10-14)12-13-4-2-1-3-5-13/h1-11H,12H2,(H2,18,21). The van der Waals surface area contributed by atoms with Gasteiger partial charge in [0.1, 0.15) is 0 Å². The van der Waals surface area contributed by atoms with Crippen molar-refractivity contribution in [1.29, 1.82) is 0 Å². The van der Waals surface area contributed by atoms with Crippen molar-refractivity contribution in [2.24, 2.45) is 10.7 Å². The van der Waals surface area contributed by atoms with Crippen LogP contribution in [0.2, 0.25) is 0 Å². The second-order valence-corrected chi connectivity index (χ2v) is 4.83. The van der Waals surface area contributed by atoms with Crippen molar-refractivity contribution in [3.63, 3.8) is 0 Å². The minimum absolute atomic E-state index is 0.428. The van der Waals surface area contributed by atoms with E-state index in [-0.39, 0.29) is 0 Å². The molecule has 1 heterocycles. The lowest BCUT2D eigenvalue weighted by Crippen LogP contribution is -2.18. The van der Waals surface area contributed by atoms with Gasteiger partial charge in [0.15, 0.2) is 0 Å². The molecule has 0 spiro atoms. The molecular formula is C17H15N3O. The SMILES string of the molecule is NC(=O)c1ccc2c(c1)N(Cc1ccccc1)C=CN=C2. The van der Waals surface area contributed by atoms with E-state index in [1.165, 1.54) is 5.56 Å². The molecule has 104 valence electrons. The van der Waals surface area contributed by atoms with Crippen LogP contribution in [-0.2, 0) is 6.54 Å². The largest absolute Gasteiger partial charge is 0.366 e. The van der Waals surface area contributed by atoms with Gasteiger partial charge >= 0.3 is 0 Å². The molecule has 2 N–H and O–H groups in total. The summed E-state index contributed by atoms with van der Waals surface area (Å²) in [6, 6.07) is 15.5. The molecule has 3 rings (SSSR count). The second kappa shape index (κ2) is 5.63. The quantitative estimate of drug-likeness (QED) is 0.937. The van der Waals surface area contributed by atoms with Gasteiger partial charge in [0.25, 0.3) is 0 Å². The van der Waals surface area contributed by atoms with Gasteiger partial charge in [-0.25, -0.2) is 0 Å². The third kappa shape index (κ3) is 2.84. The number of amides is 1. The number of rotatable bonds is 3. The fraction of sp³-hybridized carbons (Fsp3) is 0.0588. The second-order valence-electron chi connectivity index (χ2n) is 4.83. The zero-order valence-corrected chi connectivity index (χ0v) is 11.4. The molecule has 2 aromatic rings. The van der Waals surface area contributed by atoms with E-state index < -0.39 is 5.91 Å². The number of aliphatic imine (C=N–C) groups is 1. The number of anilines is 1. The highest BCUT2D eigenvalue weighted by Crippen LogP contribution is 2.25.